The summed E-state index contributed by atoms with van der Waals surface area (Å²) in [5.41, 5.74) is 1.36. The van der Waals surface area contributed by atoms with Gasteiger partial charge in [0.1, 0.15) is 15.8 Å². The molecule has 4 heterocycles. The van der Waals surface area contributed by atoms with Gasteiger partial charge in [0.2, 0.25) is 0 Å². The van der Waals surface area contributed by atoms with Gasteiger partial charge in [-0.3, -0.25) is 18.9 Å². The van der Waals surface area contributed by atoms with Crippen LogP contribution in [0.15, 0.2) is 58.4 Å². The van der Waals surface area contributed by atoms with Crippen molar-refractivity contribution in [2.24, 2.45) is 0 Å². The van der Waals surface area contributed by atoms with Crippen molar-refractivity contribution >= 4 is 63.3 Å². The average molecular weight is 513 g/mol. The SMILES string of the molecule is O=C1/C(=C/c2c(NC[C@@H]3CCCO3)nc3ccccn3c2=O)SC(=S)N1Cc1ccccc1Cl. The number of ether oxygens (including phenoxy) is 1. The number of anilines is 1. The zero-order valence-electron chi connectivity index (χ0n) is 18.1. The largest absolute Gasteiger partial charge is 0.376 e. The van der Waals surface area contributed by atoms with E-state index in [-0.39, 0.29) is 24.1 Å². The van der Waals surface area contributed by atoms with E-state index >= 15 is 0 Å². The van der Waals surface area contributed by atoms with E-state index in [1.54, 1.807) is 30.5 Å². The first-order valence-corrected chi connectivity index (χ1v) is 12.5. The number of fused-ring (bicyclic) bond motifs is 1. The number of amides is 1. The summed E-state index contributed by atoms with van der Waals surface area (Å²) in [4.78, 5) is 33.1. The molecular weight excluding hydrogens is 492 g/mol. The summed E-state index contributed by atoms with van der Waals surface area (Å²) in [6, 6.07) is 12.7. The smallest absolute Gasteiger partial charge is 0.267 e. The molecule has 1 aromatic carbocycles. The Labute approximate surface area is 210 Å². The summed E-state index contributed by atoms with van der Waals surface area (Å²) >= 11 is 12.9. The van der Waals surface area contributed by atoms with E-state index in [2.05, 4.69) is 10.3 Å². The van der Waals surface area contributed by atoms with Gasteiger partial charge in [0, 0.05) is 24.4 Å². The molecule has 2 aliphatic rings. The van der Waals surface area contributed by atoms with Crippen LogP contribution in [0.2, 0.25) is 5.02 Å². The molecule has 2 aromatic heterocycles. The fraction of sp³-hybridized carbons (Fsp3) is 0.250. The molecule has 34 heavy (non-hydrogen) atoms. The topological polar surface area (TPSA) is 75.9 Å². The molecule has 2 fully saturated rings. The van der Waals surface area contributed by atoms with E-state index in [0.717, 1.165) is 25.0 Å². The zero-order valence-corrected chi connectivity index (χ0v) is 20.5. The predicted molar refractivity (Wildman–Crippen MR) is 139 cm³/mol. The van der Waals surface area contributed by atoms with Gasteiger partial charge in [0.05, 0.1) is 23.1 Å². The van der Waals surface area contributed by atoms with Gasteiger partial charge in [-0.2, -0.15) is 0 Å². The molecule has 2 saturated heterocycles. The predicted octanol–water partition coefficient (Wildman–Crippen LogP) is 4.34. The van der Waals surface area contributed by atoms with Crippen molar-refractivity contribution in [3.05, 3.63) is 80.1 Å². The summed E-state index contributed by atoms with van der Waals surface area (Å²) in [6.07, 6.45) is 5.28. The van der Waals surface area contributed by atoms with Gasteiger partial charge < -0.3 is 10.1 Å². The standard InChI is InChI=1S/C24H21ClN4O3S2/c25-18-8-2-1-6-15(18)14-29-23(31)19(34-24(29)33)12-17-21(26-13-16-7-5-11-32-16)27-20-9-3-4-10-28(20)22(17)30/h1-4,6,8-10,12,16,26H,5,7,11,13-14H2/b19-12-/t16-/m0/s1. The van der Waals surface area contributed by atoms with Gasteiger partial charge in [-0.25, -0.2) is 4.98 Å². The quantitative estimate of drug-likeness (QED) is 0.389. The van der Waals surface area contributed by atoms with Crippen molar-refractivity contribution in [3.8, 4) is 0 Å². The molecule has 0 aliphatic carbocycles. The number of hydrogen-bond donors (Lipinski definition) is 1. The number of benzene rings is 1. The van der Waals surface area contributed by atoms with Gasteiger partial charge in [0.15, 0.2) is 0 Å². The van der Waals surface area contributed by atoms with Crippen LogP contribution >= 0.6 is 35.6 Å². The lowest BCUT2D eigenvalue weighted by molar-refractivity contribution is -0.122. The van der Waals surface area contributed by atoms with Gasteiger partial charge in [-0.1, -0.05) is 59.8 Å². The van der Waals surface area contributed by atoms with E-state index in [0.29, 0.717) is 37.8 Å². The Morgan fingerprint density at radius 2 is 2.06 bits per heavy atom. The van der Waals surface area contributed by atoms with Crippen LogP contribution in [-0.2, 0) is 16.1 Å². The first-order valence-electron chi connectivity index (χ1n) is 10.9. The third-order valence-electron chi connectivity index (χ3n) is 5.73. The number of pyridine rings is 1. The number of thioether (sulfide) groups is 1. The Kier molecular flexibility index (Phi) is 6.69. The number of carbonyl (C=O) groups excluding carboxylic acids is 1. The molecule has 0 spiro atoms. The molecule has 1 N–H and O–H groups in total. The minimum atomic E-state index is -0.267. The van der Waals surface area contributed by atoms with Crippen LogP contribution in [0, 0.1) is 0 Å². The number of rotatable bonds is 6. The molecule has 0 saturated carbocycles. The second kappa shape index (κ2) is 9.87. The van der Waals surface area contributed by atoms with Crippen LogP contribution in [0.4, 0.5) is 5.82 Å². The number of aromatic nitrogens is 2. The number of halogens is 1. The highest BCUT2D eigenvalue weighted by atomic mass is 35.5. The van der Waals surface area contributed by atoms with Crippen molar-refractivity contribution in [1.82, 2.24) is 14.3 Å². The number of carbonyl (C=O) groups is 1. The van der Waals surface area contributed by atoms with Crippen LogP contribution in [0.3, 0.4) is 0 Å². The van der Waals surface area contributed by atoms with Crippen LogP contribution in [0.5, 0.6) is 0 Å². The molecule has 3 aromatic rings. The Morgan fingerprint density at radius 3 is 2.85 bits per heavy atom. The maximum Gasteiger partial charge on any atom is 0.267 e. The van der Waals surface area contributed by atoms with Crippen LogP contribution in [0.25, 0.3) is 11.7 Å². The second-order valence-electron chi connectivity index (χ2n) is 7.98. The van der Waals surface area contributed by atoms with Crippen LogP contribution in [0.1, 0.15) is 24.0 Å². The molecule has 5 rings (SSSR count). The highest BCUT2D eigenvalue weighted by Gasteiger charge is 2.33. The fourth-order valence-electron chi connectivity index (χ4n) is 3.95. The molecule has 1 amide bonds. The average Bonchev–Trinajstić information content (AvgIpc) is 3.45. The number of hydrogen-bond acceptors (Lipinski definition) is 7. The minimum absolute atomic E-state index is 0.0673. The van der Waals surface area contributed by atoms with Crippen molar-refractivity contribution in [2.75, 3.05) is 18.5 Å². The Balaban J connectivity index is 1.49. The summed E-state index contributed by atoms with van der Waals surface area (Å²) in [5.74, 6) is 0.153. The summed E-state index contributed by atoms with van der Waals surface area (Å²) in [7, 11) is 0. The maximum atomic E-state index is 13.4. The molecule has 1 atom stereocenters. The molecule has 0 radical (unpaired) electrons. The highest BCUT2D eigenvalue weighted by Crippen LogP contribution is 2.35. The van der Waals surface area contributed by atoms with E-state index in [4.69, 9.17) is 28.6 Å². The van der Waals surface area contributed by atoms with E-state index in [1.807, 2.05) is 24.3 Å². The fourth-order valence-corrected chi connectivity index (χ4v) is 5.38. The molecule has 0 unspecified atom stereocenters. The number of thiocarbonyl (C=S) groups is 1. The first-order chi connectivity index (χ1) is 16.5. The number of nitrogens with zero attached hydrogens (tertiary/aromatic N) is 3. The maximum absolute atomic E-state index is 13.4. The molecule has 174 valence electrons. The normalized spacial score (nSPS) is 19.5. The summed E-state index contributed by atoms with van der Waals surface area (Å²) < 4.78 is 7.58. The third kappa shape index (κ3) is 4.61. The Hall–Kier alpha value is -2.72. The van der Waals surface area contributed by atoms with Crippen molar-refractivity contribution < 1.29 is 9.53 Å². The van der Waals surface area contributed by atoms with Crippen LogP contribution in [-0.4, -0.2) is 43.8 Å². The lowest BCUT2D eigenvalue weighted by Crippen LogP contribution is -2.28. The monoisotopic (exact) mass is 512 g/mol. The van der Waals surface area contributed by atoms with Gasteiger partial charge in [-0.05, 0) is 42.7 Å². The van der Waals surface area contributed by atoms with Gasteiger partial charge >= 0.3 is 0 Å². The molecule has 10 heteroatoms. The van der Waals surface area contributed by atoms with E-state index in [1.165, 1.54) is 21.1 Å². The first kappa shape index (κ1) is 23.0. The van der Waals surface area contributed by atoms with Crippen molar-refractivity contribution in [2.45, 2.75) is 25.5 Å². The number of nitrogens with one attached hydrogen (secondary N) is 1. The highest BCUT2D eigenvalue weighted by molar-refractivity contribution is 8.26. The molecular formula is C24H21ClN4O3S2. The molecule has 7 nitrogen and oxygen atoms in total. The molecule has 0 bridgehead atoms. The summed E-state index contributed by atoms with van der Waals surface area (Å²) in [6.45, 7) is 1.53. The lowest BCUT2D eigenvalue weighted by Gasteiger charge is -2.15. The lowest BCUT2D eigenvalue weighted by atomic mass is 10.2. The van der Waals surface area contributed by atoms with Crippen LogP contribution < -0.4 is 10.9 Å². The van der Waals surface area contributed by atoms with Crippen molar-refractivity contribution in [1.29, 1.82) is 0 Å². The second-order valence-corrected chi connectivity index (χ2v) is 10.1. The minimum Gasteiger partial charge on any atom is -0.376 e. The third-order valence-corrected chi connectivity index (χ3v) is 7.47. The van der Waals surface area contributed by atoms with E-state index in [9.17, 15) is 9.59 Å². The Bertz CT molecular complexity index is 1370. The van der Waals surface area contributed by atoms with Crippen molar-refractivity contribution in [3.63, 3.8) is 0 Å². The Morgan fingerprint density at radius 1 is 1.24 bits per heavy atom. The van der Waals surface area contributed by atoms with Gasteiger partial charge in [0.25, 0.3) is 11.5 Å². The summed E-state index contributed by atoms with van der Waals surface area (Å²) in [5, 5.41) is 3.84. The molecule has 2 aliphatic heterocycles. The van der Waals surface area contributed by atoms with Gasteiger partial charge in [-0.15, -0.1) is 0 Å². The zero-order chi connectivity index (χ0) is 23.7. The van der Waals surface area contributed by atoms with E-state index < -0.39 is 0 Å².